The molecule has 27 heavy (non-hydrogen) atoms. The Morgan fingerprint density at radius 1 is 1.11 bits per heavy atom. The van der Waals surface area contributed by atoms with Crippen LogP contribution in [0.2, 0.25) is 10.0 Å². The van der Waals surface area contributed by atoms with Gasteiger partial charge >= 0.3 is 11.9 Å². The number of hydrogen-bond donors (Lipinski definition) is 1. The maximum Gasteiger partial charge on any atom is 0.347 e. The highest BCUT2D eigenvalue weighted by Crippen LogP contribution is 2.28. The van der Waals surface area contributed by atoms with Crippen LogP contribution >= 0.6 is 23.2 Å². The van der Waals surface area contributed by atoms with E-state index in [9.17, 15) is 14.4 Å². The number of rotatable bonds is 9. The minimum Gasteiger partial charge on any atom is -0.477 e. The summed E-state index contributed by atoms with van der Waals surface area (Å²) in [6.45, 7) is 4.72. The number of amides is 1. The summed E-state index contributed by atoms with van der Waals surface area (Å²) >= 11 is 11.8. The number of methoxy groups -OCH3 is 1. The van der Waals surface area contributed by atoms with E-state index < -0.39 is 36.6 Å². The Morgan fingerprint density at radius 3 is 2.33 bits per heavy atom. The van der Waals surface area contributed by atoms with Crippen molar-refractivity contribution in [2.75, 3.05) is 13.7 Å². The maximum absolute atomic E-state index is 12.0. The van der Waals surface area contributed by atoms with Crippen LogP contribution in [0.1, 0.15) is 27.2 Å². The number of carbonyl (C=O) groups excluding carboxylic acids is 3. The molecule has 0 aliphatic carbocycles. The zero-order valence-corrected chi connectivity index (χ0v) is 17.1. The first-order valence-corrected chi connectivity index (χ1v) is 9.05. The number of benzene rings is 1. The Bertz CT molecular complexity index is 680. The first-order valence-electron chi connectivity index (χ1n) is 8.29. The molecule has 0 fully saturated rings. The zero-order chi connectivity index (χ0) is 20.6. The van der Waals surface area contributed by atoms with Gasteiger partial charge in [0.05, 0.1) is 12.1 Å². The van der Waals surface area contributed by atoms with Crippen LogP contribution in [0.3, 0.4) is 0 Å². The van der Waals surface area contributed by atoms with Crippen molar-refractivity contribution in [3.63, 3.8) is 0 Å². The van der Waals surface area contributed by atoms with Crippen molar-refractivity contribution in [1.82, 2.24) is 5.32 Å². The highest BCUT2D eigenvalue weighted by atomic mass is 35.5. The van der Waals surface area contributed by atoms with Gasteiger partial charge in [-0.3, -0.25) is 4.79 Å². The van der Waals surface area contributed by atoms with Crippen molar-refractivity contribution in [3.05, 3.63) is 28.2 Å². The fourth-order valence-electron chi connectivity index (χ4n) is 2.13. The fourth-order valence-corrected chi connectivity index (χ4v) is 2.58. The van der Waals surface area contributed by atoms with Crippen molar-refractivity contribution >= 4 is 41.0 Å². The van der Waals surface area contributed by atoms with Crippen molar-refractivity contribution in [3.8, 4) is 5.75 Å². The molecule has 0 radical (unpaired) electrons. The number of carbonyl (C=O) groups is 3. The zero-order valence-electron chi connectivity index (χ0n) is 15.6. The summed E-state index contributed by atoms with van der Waals surface area (Å²) < 4.78 is 15.0. The van der Waals surface area contributed by atoms with Gasteiger partial charge in [-0.25, -0.2) is 9.59 Å². The lowest BCUT2D eigenvalue weighted by Crippen LogP contribution is -2.44. The van der Waals surface area contributed by atoms with E-state index in [0.717, 1.165) is 0 Å². The number of ether oxygens (including phenoxy) is 3. The molecule has 0 aromatic heterocycles. The monoisotopic (exact) mass is 419 g/mol. The molecule has 9 heteroatoms. The fraction of sp³-hybridized carbons (Fsp3) is 0.500. The van der Waals surface area contributed by atoms with Gasteiger partial charge in [0.1, 0.15) is 11.8 Å². The Balaban J connectivity index is 2.53. The van der Waals surface area contributed by atoms with E-state index in [1.807, 2.05) is 13.8 Å². The van der Waals surface area contributed by atoms with E-state index in [2.05, 4.69) is 10.1 Å². The summed E-state index contributed by atoms with van der Waals surface area (Å²) in [5.41, 5.74) is 0. The normalized spacial score (nSPS) is 12.9. The lowest BCUT2D eigenvalue weighted by Gasteiger charge is -2.19. The van der Waals surface area contributed by atoms with Gasteiger partial charge < -0.3 is 19.5 Å². The summed E-state index contributed by atoms with van der Waals surface area (Å²) in [6.07, 6.45) is -0.593. The first kappa shape index (κ1) is 23.0. The quantitative estimate of drug-likeness (QED) is 0.618. The highest BCUT2D eigenvalue weighted by Gasteiger charge is 2.24. The SMILES string of the molecule is COC(=O)[C@@H](CC(C)C)NC(=O)COC(=O)[C@@H](C)Oc1ccc(Cl)cc1Cl. The average Bonchev–Trinajstić information content (AvgIpc) is 2.60. The maximum atomic E-state index is 12.0. The molecule has 0 heterocycles. The predicted molar refractivity (Wildman–Crippen MR) is 101 cm³/mol. The molecule has 1 aromatic rings. The molecule has 0 saturated heterocycles. The summed E-state index contributed by atoms with van der Waals surface area (Å²) in [5, 5.41) is 3.17. The molecule has 1 rings (SSSR count). The van der Waals surface area contributed by atoms with E-state index >= 15 is 0 Å². The molecule has 7 nitrogen and oxygen atoms in total. The molecule has 2 atom stereocenters. The third-order valence-electron chi connectivity index (χ3n) is 3.40. The summed E-state index contributed by atoms with van der Waals surface area (Å²) in [5.74, 6) is -1.50. The van der Waals surface area contributed by atoms with E-state index in [-0.39, 0.29) is 16.7 Å². The van der Waals surface area contributed by atoms with Gasteiger partial charge in [0.15, 0.2) is 12.7 Å². The smallest absolute Gasteiger partial charge is 0.347 e. The van der Waals surface area contributed by atoms with Crippen molar-refractivity contribution in [2.45, 2.75) is 39.3 Å². The molecular weight excluding hydrogens is 397 g/mol. The summed E-state index contributed by atoms with van der Waals surface area (Å²) in [4.78, 5) is 35.7. The van der Waals surface area contributed by atoms with Gasteiger partial charge in [-0.05, 0) is 37.5 Å². The van der Waals surface area contributed by atoms with Crippen molar-refractivity contribution in [1.29, 1.82) is 0 Å². The molecule has 0 saturated carbocycles. The molecule has 150 valence electrons. The number of nitrogens with one attached hydrogen (secondary N) is 1. The van der Waals surface area contributed by atoms with Crippen LogP contribution in [0.5, 0.6) is 5.75 Å². The Hall–Kier alpha value is -1.99. The molecule has 1 N–H and O–H groups in total. The van der Waals surface area contributed by atoms with Gasteiger partial charge in [0, 0.05) is 5.02 Å². The Morgan fingerprint density at radius 2 is 1.78 bits per heavy atom. The van der Waals surface area contributed by atoms with Crippen LogP contribution in [0.4, 0.5) is 0 Å². The highest BCUT2D eigenvalue weighted by molar-refractivity contribution is 6.35. The predicted octanol–water partition coefficient (Wildman–Crippen LogP) is 3.01. The molecule has 0 spiro atoms. The number of halogens is 2. The van der Waals surface area contributed by atoms with Crippen LogP contribution in [-0.2, 0) is 23.9 Å². The van der Waals surface area contributed by atoms with E-state index in [4.69, 9.17) is 32.7 Å². The second-order valence-electron chi connectivity index (χ2n) is 6.22. The molecule has 0 bridgehead atoms. The van der Waals surface area contributed by atoms with Gasteiger partial charge in [0.25, 0.3) is 5.91 Å². The minimum absolute atomic E-state index is 0.162. The number of esters is 2. The van der Waals surface area contributed by atoms with Gasteiger partial charge in [0.2, 0.25) is 0 Å². The lowest BCUT2D eigenvalue weighted by atomic mass is 10.0. The topological polar surface area (TPSA) is 90.9 Å². The van der Waals surface area contributed by atoms with Crippen LogP contribution in [0.25, 0.3) is 0 Å². The molecule has 0 unspecified atom stereocenters. The standard InChI is InChI=1S/C18H23Cl2NO6/c1-10(2)7-14(18(24)25-4)21-16(22)9-26-17(23)11(3)27-15-6-5-12(19)8-13(15)20/h5-6,8,10-11,14H,7,9H2,1-4H3,(H,21,22)/t11-,14-/m1/s1. The van der Waals surface area contributed by atoms with Gasteiger partial charge in [-0.1, -0.05) is 37.0 Å². The van der Waals surface area contributed by atoms with Gasteiger partial charge in [-0.2, -0.15) is 0 Å². The average molecular weight is 420 g/mol. The van der Waals surface area contributed by atoms with Crippen molar-refractivity contribution < 1.29 is 28.6 Å². The van der Waals surface area contributed by atoms with Crippen LogP contribution in [0, 0.1) is 5.92 Å². The van der Waals surface area contributed by atoms with Crippen LogP contribution in [0.15, 0.2) is 18.2 Å². The van der Waals surface area contributed by atoms with E-state index in [1.165, 1.54) is 26.2 Å². The second-order valence-corrected chi connectivity index (χ2v) is 7.06. The first-order chi connectivity index (χ1) is 12.6. The summed E-state index contributed by atoms with van der Waals surface area (Å²) in [7, 11) is 1.24. The van der Waals surface area contributed by atoms with Crippen LogP contribution in [-0.4, -0.2) is 43.7 Å². The summed E-state index contributed by atoms with van der Waals surface area (Å²) in [6, 6.07) is 3.76. The molecule has 0 aliphatic heterocycles. The lowest BCUT2D eigenvalue weighted by molar-refractivity contribution is -0.155. The third-order valence-corrected chi connectivity index (χ3v) is 3.93. The second kappa shape index (κ2) is 11.0. The van der Waals surface area contributed by atoms with Crippen LogP contribution < -0.4 is 10.1 Å². The molecule has 1 aromatic carbocycles. The Labute approximate surface area is 168 Å². The van der Waals surface area contributed by atoms with E-state index in [1.54, 1.807) is 6.07 Å². The minimum atomic E-state index is -0.997. The third kappa shape index (κ3) is 8.05. The largest absolute Gasteiger partial charge is 0.477 e. The Kier molecular flexibility index (Phi) is 9.38. The van der Waals surface area contributed by atoms with Crippen molar-refractivity contribution in [2.24, 2.45) is 5.92 Å². The molecule has 0 aliphatic rings. The molecular formula is C18H23Cl2NO6. The number of hydrogen-bond acceptors (Lipinski definition) is 6. The molecule has 1 amide bonds. The van der Waals surface area contributed by atoms with Gasteiger partial charge in [-0.15, -0.1) is 0 Å². The van der Waals surface area contributed by atoms with E-state index in [0.29, 0.717) is 11.4 Å².